The molecule has 5 nitrogen and oxygen atoms in total. The van der Waals surface area contributed by atoms with Gasteiger partial charge in [0.25, 0.3) is 5.91 Å². The first-order chi connectivity index (χ1) is 13.1. The molecule has 5 heteroatoms. The van der Waals surface area contributed by atoms with Crippen molar-refractivity contribution < 1.29 is 9.59 Å². The van der Waals surface area contributed by atoms with Crippen LogP contribution in [0.15, 0.2) is 54.6 Å². The summed E-state index contributed by atoms with van der Waals surface area (Å²) in [6.07, 6.45) is 1.92. The largest absolute Gasteiger partial charge is 0.347 e. The molecule has 3 amide bonds. The topological polar surface area (TPSA) is 61.4 Å². The van der Waals surface area contributed by atoms with Crippen molar-refractivity contribution in [1.29, 1.82) is 0 Å². The molecule has 1 heterocycles. The number of likely N-dealkylation sites (tertiary alicyclic amines) is 1. The Morgan fingerprint density at radius 1 is 1.04 bits per heavy atom. The van der Waals surface area contributed by atoms with Gasteiger partial charge in [-0.05, 0) is 43.4 Å². The molecule has 1 saturated heterocycles. The molecule has 2 bridgehead atoms. The van der Waals surface area contributed by atoms with E-state index >= 15 is 0 Å². The second-order valence-electron chi connectivity index (χ2n) is 7.65. The van der Waals surface area contributed by atoms with Crippen LogP contribution in [0.3, 0.4) is 0 Å². The van der Waals surface area contributed by atoms with Gasteiger partial charge in [0.2, 0.25) is 0 Å². The SMILES string of the molecule is Cc1ccc(CNC(=O)N2CC3CC(NC(=O)c4ccccc4)C2C3)cc1. The van der Waals surface area contributed by atoms with E-state index < -0.39 is 0 Å². The van der Waals surface area contributed by atoms with Gasteiger partial charge in [-0.25, -0.2) is 4.79 Å². The number of hydrogen-bond donors (Lipinski definition) is 2. The van der Waals surface area contributed by atoms with E-state index in [2.05, 4.69) is 22.8 Å². The van der Waals surface area contributed by atoms with Gasteiger partial charge in [0.1, 0.15) is 0 Å². The maximum Gasteiger partial charge on any atom is 0.317 e. The minimum Gasteiger partial charge on any atom is -0.347 e. The Kier molecular flexibility index (Phi) is 4.84. The van der Waals surface area contributed by atoms with Crippen molar-refractivity contribution in [2.45, 2.75) is 38.4 Å². The standard InChI is InChI=1S/C22H25N3O2/c1-15-7-9-16(10-8-15)13-23-22(27)25-14-17-11-19(20(25)12-17)24-21(26)18-5-3-2-4-6-18/h2-10,17,19-20H,11-14H2,1H3,(H,23,27)(H,24,26). The summed E-state index contributed by atoms with van der Waals surface area (Å²) in [7, 11) is 0. The monoisotopic (exact) mass is 363 g/mol. The summed E-state index contributed by atoms with van der Waals surface area (Å²) in [5, 5.41) is 6.16. The fourth-order valence-corrected chi connectivity index (χ4v) is 4.24. The number of fused-ring (bicyclic) bond motifs is 2. The molecule has 27 heavy (non-hydrogen) atoms. The van der Waals surface area contributed by atoms with Gasteiger partial charge < -0.3 is 15.5 Å². The van der Waals surface area contributed by atoms with Crippen molar-refractivity contribution in [2.75, 3.05) is 6.54 Å². The van der Waals surface area contributed by atoms with Crippen molar-refractivity contribution in [3.05, 3.63) is 71.3 Å². The zero-order chi connectivity index (χ0) is 18.8. The number of piperidine rings is 1. The van der Waals surface area contributed by atoms with Crippen LogP contribution >= 0.6 is 0 Å². The zero-order valence-electron chi connectivity index (χ0n) is 15.5. The molecule has 1 aliphatic carbocycles. The van der Waals surface area contributed by atoms with E-state index in [1.54, 1.807) is 0 Å². The van der Waals surface area contributed by atoms with Crippen LogP contribution in [-0.2, 0) is 6.54 Å². The number of aryl methyl sites for hydroxylation is 1. The van der Waals surface area contributed by atoms with E-state index in [0.717, 1.165) is 24.9 Å². The summed E-state index contributed by atoms with van der Waals surface area (Å²) >= 11 is 0. The third kappa shape index (κ3) is 3.82. The highest BCUT2D eigenvalue weighted by Gasteiger charge is 2.47. The van der Waals surface area contributed by atoms with Crippen molar-refractivity contribution in [3.8, 4) is 0 Å². The molecule has 3 unspecified atom stereocenters. The molecular formula is C22H25N3O2. The summed E-state index contributed by atoms with van der Waals surface area (Å²) in [4.78, 5) is 27.0. The molecule has 2 fully saturated rings. The van der Waals surface area contributed by atoms with E-state index in [9.17, 15) is 9.59 Å². The van der Waals surface area contributed by atoms with Crippen LogP contribution in [0.5, 0.6) is 0 Å². The molecule has 0 aromatic heterocycles. The molecule has 1 saturated carbocycles. The van der Waals surface area contributed by atoms with Gasteiger partial charge in [-0.2, -0.15) is 0 Å². The van der Waals surface area contributed by atoms with E-state index in [1.807, 2.05) is 54.3 Å². The van der Waals surface area contributed by atoms with Crippen LogP contribution < -0.4 is 10.6 Å². The smallest absolute Gasteiger partial charge is 0.317 e. The lowest BCUT2D eigenvalue weighted by atomic mass is 10.1. The first-order valence-electron chi connectivity index (χ1n) is 9.56. The van der Waals surface area contributed by atoms with Crippen LogP contribution in [0.4, 0.5) is 4.79 Å². The lowest BCUT2D eigenvalue weighted by Gasteiger charge is -2.33. The molecule has 4 rings (SSSR count). The third-order valence-corrected chi connectivity index (χ3v) is 5.66. The highest BCUT2D eigenvalue weighted by Crippen LogP contribution is 2.37. The molecule has 2 N–H and O–H groups in total. The summed E-state index contributed by atoms with van der Waals surface area (Å²) < 4.78 is 0. The second-order valence-corrected chi connectivity index (χ2v) is 7.65. The Hall–Kier alpha value is -2.82. The van der Waals surface area contributed by atoms with Crippen LogP contribution in [0.25, 0.3) is 0 Å². The van der Waals surface area contributed by atoms with Gasteiger partial charge in [0.15, 0.2) is 0 Å². The summed E-state index contributed by atoms with van der Waals surface area (Å²) in [5.41, 5.74) is 2.96. The van der Waals surface area contributed by atoms with E-state index in [1.165, 1.54) is 5.56 Å². The number of carbonyl (C=O) groups excluding carboxylic acids is 2. The Bertz CT molecular complexity index is 819. The minimum absolute atomic E-state index is 0.0292. The van der Waals surface area contributed by atoms with Gasteiger partial charge in [-0.3, -0.25) is 4.79 Å². The molecular weight excluding hydrogens is 338 g/mol. The Morgan fingerprint density at radius 2 is 1.78 bits per heavy atom. The van der Waals surface area contributed by atoms with Crippen LogP contribution in [0, 0.1) is 12.8 Å². The average Bonchev–Trinajstić information content (AvgIpc) is 3.28. The molecule has 2 aliphatic rings. The zero-order valence-corrected chi connectivity index (χ0v) is 15.5. The summed E-state index contributed by atoms with van der Waals surface area (Å²) in [6, 6.07) is 17.5. The number of nitrogens with one attached hydrogen (secondary N) is 2. The predicted molar refractivity (Wildman–Crippen MR) is 104 cm³/mol. The normalized spacial score (nSPS) is 23.3. The number of carbonyl (C=O) groups is 2. The van der Waals surface area contributed by atoms with E-state index in [0.29, 0.717) is 18.0 Å². The Labute approximate surface area is 159 Å². The van der Waals surface area contributed by atoms with Crippen molar-refractivity contribution in [1.82, 2.24) is 15.5 Å². The molecule has 3 atom stereocenters. The molecule has 0 radical (unpaired) electrons. The van der Waals surface area contributed by atoms with Gasteiger partial charge in [-0.15, -0.1) is 0 Å². The molecule has 0 spiro atoms. The van der Waals surface area contributed by atoms with Crippen LogP contribution in [0.2, 0.25) is 0 Å². The lowest BCUT2D eigenvalue weighted by Crippen LogP contribution is -2.54. The molecule has 2 aromatic rings. The van der Waals surface area contributed by atoms with Gasteiger partial charge in [0.05, 0.1) is 6.04 Å². The average molecular weight is 363 g/mol. The van der Waals surface area contributed by atoms with Crippen molar-refractivity contribution in [2.24, 2.45) is 5.92 Å². The highest BCUT2D eigenvalue weighted by molar-refractivity contribution is 5.94. The maximum atomic E-state index is 12.7. The molecule has 1 aliphatic heterocycles. The van der Waals surface area contributed by atoms with Crippen molar-refractivity contribution >= 4 is 11.9 Å². The predicted octanol–water partition coefficient (Wildman–Crippen LogP) is 3.10. The first-order valence-corrected chi connectivity index (χ1v) is 9.56. The number of nitrogens with zero attached hydrogens (tertiary/aromatic N) is 1. The second kappa shape index (κ2) is 7.43. The minimum atomic E-state index is -0.0619. The summed E-state index contributed by atoms with van der Waals surface area (Å²) in [5.74, 6) is 0.411. The van der Waals surface area contributed by atoms with Crippen LogP contribution in [0.1, 0.15) is 34.3 Å². The number of hydrogen-bond acceptors (Lipinski definition) is 2. The number of rotatable bonds is 4. The van der Waals surface area contributed by atoms with E-state index in [4.69, 9.17) is 0 Å². The Balaban J connectivity index is 1.35. The number of urea groups is 1. The lowest BCUT2D eigenvalue weighted by molar-refractivity contribution is 0.0902. The summed E-state index contributed by atoms with van der Waals surface area (Å²) in [6.45, 7) is 3.35. The first kappa shape index (κ1) is 17.6. The molecule has 2 aromatic carbocycles. The maximum absolute atomic E-state index is 12.7. The quantitative estimate of drug-likeness (QED) is 0.877. The number of amides is 3. The Morgan fingerprint density at radius 3 is 2.48 bits per heavy atom. The fourth-order valence-electron chi connectivity index (χ4n) is 4.24. The van der Waals surface area contributed by atoms with Crippen molar-refractivity contribution in [3.63, 3.8) is 0 Å². The highest BCUT2D eigenvalue weighted by atomic mass is 16.2. The number of benzene rings is 2. The molecule has 140 valence electrons. The van der Waals surface area contributed by atoms with Gasteiger partial charge in [0, 0.05) is 24.7 Å². The van der Waals surface area contributed by atoms with E-state index in [-0.39, 0.29) is 24.0 Å². The van der Waals surface area contributed by atoms with Crippen LogP contribution in [-0.4, -0.2) is 35.5 Å². The fraction of sp³-hybridized carbons (Fsp3) is 0.364. The third-order valence-electron chi connectivity index (χ3n) is 5.66. The van der Waals surface area contributed by atoms with Gasteiger partial charge in [-0.1, -0.05) is 48.0 Å². The van der Waals surface area contributed by atoms with Gasteiger partial charge >= 0.3 is 6.03 Å².